The van der Waals surface area contributed by atoms with Crippen LogP contribution in [0.5, 0.6) is 5.75 Å². The van der Waals surface area contributed by atoms with Crippen LogP contribution >= 0.6 is 18.6 Å². The Bertz CT molecular complexity index is 342. The van der Waals surface area contributed by atoms with E-state index in [1.807, 2.05) is 12.1 Å². The number of rotatable bonds is 2. The van der Waals surface area contributed by atoms with Crippen LogP contribution in [0.4, 0.5) is 0 Å². The summed E-state index contributed by atoms with van der Waals surface area (Å²) in [4.78, 5) is 0. The van der Waals surface area contributed by atoms with Crippen LogP contribution in [0.15, 0.2) is 28.9 Å². The van der Waals surface area contributed by atoms with Gasteiger partial charge in [-0.25, -0.2) is 0 Å². The van der Waals surface area contributed by atoms with E-state index < -0.39 is 25.3 Å². The quantitative estimate of drug-likeness (QED) is 0.649. The summed E-state index contributed by atoms with van der Waals surface area (Å²) < 4.78 is 4.44. The summed E-state index contributed by atoms with van der Waals surface area (Å²) in [5.74, 6) is 0.296. The first kappa shape index (κ1) is 16.2. The molecule has 0 bridgehead atoms. The van der Waals surface area contributed by atoms with Crippen LogP contribution in [-0.4, -0.2) is 19.6 Å². The first-order valence-corrected chi connectivity index (χ1v) is 12.4. The van der Waals surface area contributed by atoms with E-state index >= 15 is 0 Å². The third-order valence-electron chi connectivity index (χ3n) is 1.53. The Morgan fingerprint density at radius 1 is 1.25 bits per heavy atom. The average molecular weight is 312 g/mol. The van der Waals surface area contributed by atoms with Gasteiger partial charge in [0, 0.05) is 11.8 Å². The van der Waals surface area contributed by atoms with Crippen LogP contribution in [0.25, 0.3) is 0 Å². The molecule has 1 rings (SSSR count). The zero-order valence-electron chi connectivity index (χ0n) is 9.54. The number of benzene rings is 1. The van der Waals surface area contributed by atoms with Crippen LogP contribution in [0.2, 0.25) is 19.6 Å². The van der Waals surface area contributed by atoms with Crippen molar-refractivity contribution >= 4 is 33.1 Å². The third-order valence-corrected chi connectivity index (χ3v) is 2.43. The van der Waals surface area contributed by atoms with E-state index in [-0.39, 0.29) is 0 Å². The Morgan fingerprint density at radius 2 is 1.75 bits per heavy atom. The topological polar surface area (TPSA) is 32.6 Å². The normalized spacial score (nSPS) is 10.8. The predicted octanol–water partition coefficient (Wildman–Crippen LogP) is 4.02. The SMILES string of the molecule is C[Si](C)(C)/N=C/c1ccccc1O.[Cl][Ti][Cl]. The fourth-order valence-corrected chi connectivity index (χ4v) is 1.39. The molecule has 2 nitrogen and oxygen atoms in total. The summed E-state index contributed by atoms with van der Waals surface area (Å²) in [6.45, 7) is 6.47. The molecule has 0 atom stereocenters. The molecule has 0 amide bonds. The van der Waals surface area contributed by atoms with E-state index in [1.54, 1.807) is 18.3 Å². The van der Waals surface area contributed by atoms with Crippen molar-refractivity contribution in [2.45, 2.75) is 19.6 Å². The minimum atomic E-state index is -1.40. The number of phenolic OH excluding ortho intramolecular Hbond substituents is 1. The van der Waals surface area contributed by atoms with Crippen molar-refractivity contribution in [3.05, 3.63) is 29.8 Å². The van der Waals surface area contributed by atoms with Crippen LogP contribution in [0.3, 0.4) is 0 Å². The van der Waals surface area contributed by atoms with Gasteiger partial charge in [-0.3, -0.25) is 0 Å². The van der Waals surface area contributed by atoms with E-state index in [1.165, 1.54) is 0 Å². The molecule has 88 valence electrons. The van der Waals surface area contributed by atoms with Crippen LogP contribution in [0.1, 0.15) is 5.56 Å². The van der Waals surface area contributed by atoms with Crippen molar-refractivity contribution < 1.29 is 22.1 Å². The van der Waals surface area contributed by atoms with Crippen LogP contribution in [-0.2, 0) is 17.0 Å². The number of halogens is 2. The van der Waals surface area contributed by atoms with Gasteiger partial charge in [-0.05, 0) is 31.8 Å². The first-order valence-electron chi connectivity index (χ1n) is 4.70. The Balaban J connectivity index is 0.000000673. The second kappa shape index (κ2) is 8.32. The molecule has 6 heteroatoms. The molecule has 16 heavy (non-hydrogen) atoms. The summed E-state index contributed by atoms with van der Waals surface area (Å²) in [6.07, 6.45) is 1.77. The number of para-hydroxylation sites is 1. The number of hydrogen-bond acceptors (Lipinski definition) is 2. The Morgan fingerprint density at radius 3 is 2.19 bits per heavy atom. The van der Waals surface area contributed by atoms with Gasteiger partial charge in [0.25, 0.3) is 0 Å². The Hall–Kier alpha value is 0.201. The molecule has 1 aromatic carbocycles. The number of phenols is 1. The zero-order chi connectivity index (χ0) is 12.6. The number of aromatic hydroxyl groups is 1. The van der Waals surface area contributed by atoms with Crippen molar-refractivity contribution in [2.75, 3.05) is 0 Å². The molecular formula is C10H15Cl2NOSiTi. The summed E-state index contributed by atoms with van der Waals surface area (Å²) in [6, 6.07) is 7.23. The van der Waals surface area contributed by atoms with Gasteiger partial charge >= 0.3 is 35.6 Å². The van der Waals surface area contributed by atoms with Crippen molar-refractivity contribution in [3.63, 3.8) is 0 Å². The summed E-state index contributed by atoms with van der Waals surface area (Å²) >= 11 is -0.556. The monoisotopic (exact) mass is 311 g/mol. The molecule has 0 fully saturated rings. The van der Waals surface area contributed by atoms with Gasteiger partial charge in [0.15, 0.2) is 8.24 Å². The molecule has 1 N–H and O–H groups in total. The molecular weight excluding hydrogens is 297 g/mol. The van der Waals surface area contributed by atoms with Gasteiger partial charge < -0.3 is 9.76 Å². The van der Waals surface area contributed by atoms with Gasteiger partial charge in [0.05, 0.1) is 0 Å². The maximum absolute atomic E-state index is 9.43. The molecule has 0 aliphatic rings. The number of nitrogens with zero attached hydrogens (tertiary/aromatic N) is 1. The molecule has 1 aromatic rings. The predicted molar refractivity (Wildman–Crippen MR) is 70.8 cm³/mol. The average Bonchev–Trinajstić information content (AvgIpc) is 2.16. The van der Waals surface area contributed by atoms with Crippen LogP contribution in [0, 0.1) is 0 Å². The van der Waals surface area contributed by atoms with E-state index in [0.717, 1.165) is 5.56 Å². The van der Waals surface area contributed by atoms with Crippen molar-refractivity contribution in [3.8, 4) is 5.75 Å². The van der Waals surface area contributed by atoms with E-state index in [4.69, 9.17) is 18.6 Å². The molecule has 0 spiro atoms. The molecule has 0 radical (unpaired) electrons. The number of hydrogen-bond donors (Lipinski definition) is 1. The fourth-order valence-electron chi connectivity index (χ4n) is 0.860. The second-order valence-corrected chi connectivity index (χ2v) is 11.2. The zero-order valence-corrected chi connectivity index (χ0v) is 13.6. The molecule has 0 unspecified atom stereocenters. The minimum absolute atomic E-state index is 0.296. The molecule has 0 saturated carbocycles. The Kier molecular flexibility index (Phi) is 8.42. The van der Waals surface area contributed by atoms with Crippen LogP contribution < -0.4 is 0 Å². The standard InChI is InChI=1S/C10H15NOSi.2ClH.Ti/c1-13(2,3)11-8-9-6-4-5-7-10(9)12;;;/h4-8,12H,1-3H3;2*1H;/q;;;+2/p-2/b11-8+;;;. The molecule has 0 saturated heterocycles. The van der Waals surface area contributed by atoms with Crippen molar-refractivity contribution in [1.29, 1.82) is 0 Å². The summed E-state index contributed by atoms with van der Waals surface area (Å²) in [7, 11) is 8.37. The third kappa shape index (κ3) is 8.36. The molecule has 0 aliphatic heterocycles. The first-order chi connectivity index (χ1) is 7.40. The van der Waals surface area contributed by atoms with E-state index in [2.05, 4.69) is 24.3 Å². The van der Waals surface area contributed by atoms with E-state index in [0.29, 0.717) is 5.75 Å². The Labute approximate surface area is 114 Å². The van der Waals surface area contributed by atoms with Gasteiger partial charge in [-0.15, -0.1) is 0 Å². The van der Waals surface area contributed by atoms with E-state index in [9.17, 15) is 5.11 Å². The van der Waals surface area contributed by atoms with Crippen molar-refractivity contribution in [1.82, 2.24) is 0 Å². The van der Waals surface area contributed by atoms with Gasteiger partial charge in [0.1, 0.15) is 5.75 Å². The van der Waals surface area contributed by atoms with Gasteiger partial charge in [-0.2, -0.15) is 0 Å². The molecule has 0 aromatic heterocycles. The maximum atomic E-state index is 9.43. The molecule has 0 heterocycles. The van der Waals surface area contributed by atoms with Crippen molar-refractivity contribution in [2.24, 2.45) is 4.66 Å². The summed E-state index contributed by atoms with van der Waals surface area (Å²) in [5, 5.41) is 9.43. The summed E-state index contributed by atoms with van der Waals surface area (Å²) in [5.41, 5.74) is 0.796. The molecule has 0 aliphatic carbocycles. The second-order valence-electron chi connectivity index (χ2n) is 4.06. The fraction of sp³-hybridized carbons (Fsp3) is 0.300. The van der Waals surface area contributed by atoms with Gasteiger partial charge in [-0.1, -0.05) is 12.1 Å². The van der Waals surface area contributed by atoms with Gasteiger partial charge in [0.2, 0.25) is 0 Å².